The summed E-state index contributed by atoms with van der Waals surface area (Å²) in [5, 5.41) is 10.0. The molecule has 96 valence electrons. The minimum atomic E-state index is -0.254. The normalized spacial score (nSPS) is 12.6. The van der Waals surface area contributed by atoms with Crippen molar-refractivity contribution in [2.75, 3.05) is 0 Å². The van der Waals surface area contributed by atoms with Gasteiger partial charge in [-0.1, -0.05) is 29.8 Å². The fourth-order valence-electron chi connectivity index (χ4n) is 2.00. The van der Waals surface area contributed by atoms with E-state index in [1.54, 1.807) is 11.3 Å². The summed E-state index contributed by atoms with van der Waals surface area (Å²) in [6.45, 7) is 2.10. The van der Waals surface area contributed by atoms with Crippen molar-refractivity contribution in [2.24, 2.45) is 0 Å². The molecule has 0 aliphatic rings. The average Bonchev–Trinajstić information content (AvgIpc) is 2.72. The molecule has 0 fully saturated rings. The lowest BCUT2D eigenvalue weighted by atomic mass is 10.0. The van der Waals surface area contributed by atoms with Crippen LogP contribution < -0.4 is 0 Å². The van der Waals surface area contributed by atoms with Gasteiger partial charge in [0.05, 0.1) is 9.89 Å². The molecule has 1 heterocycles. The minimum absolute atomic E-state index is 0.254. The lowest BCUT2D eigenvalue weighted by Crippen LogP contribution is -2.10. The highest BCUT2D eigenvalue weighted by Gasteiger charge is 2.08. The first-order valence-electron chi connectivity index (χ1n) is 6.11. The topological polar surface area (TPSA) is 20.2 Å². The molecule has 0 saturated carbocycles. The second-order valence-electron chi connectivity index (χ2n) is 4.59. The van der Waals surface area contributed by atoms with Crippen LogP contribution in [0.2, 0.25) is 0 Å². The summed E-state index contributed by atoms with van der Waals surface area (Å²) in [6, 6.07) is 12.6. The van der Waals surface area contributed by atoms with Gasteiger partial charge in [0.15, 0.2) is 0 Å². The molecule has 1 aromatic carbocycles. The lowest BCUT2D eigenvalue weighted by Gasteiger charge is -2.09. The number of halogens is 1. The number of aliphatic hydroxyl groups excluding tert-OH is 1. The molecular formula is C15H17BrOS. The third kappa shape index (κ3) is 4.23. The van der Waals surface area contributed by atoms with Gasteiger partial charge >= 0.3 is 0 Å². The van der Waals surface area contributed by atoms with Crippen molar-refractivity contribution < 1.29 is 5.11 Å². The highest BCUT2D eigenvalue weighted by molar-refractivity contribution is 9.11. The Kier molecular flexibility index (Phi) is 4.98. The van der Waals surface area contributed by atoms with Gasteiger partial charge < -0.3 is 5.11 Å². The maximum absolute atomic E-state index is 10.0. The van der Waals surface area contributed by atoms with Crippen molar-refractivity contribution in [3.63, 3.8) is 0 Å². The monoisotopic (exact) mass is 324 g/mol. The minimum Gasteiger partial charge on any atom is -0.393 e. The standard InChI is InChI=1S/C15H17BrOS/c1-11-3-2-4-12(9-11)5-6-13(17)10-14-7-8-15(16)18-14/h2-4,7-9,13,17H,5-6,10H2,1H3. The molecule has 0 radical (unpaired) electrons. The number of hydrogen-bond acceptors (Lipinski definition) is 2. The summed E-state index contributed by atoms with van der Waals surface area (Å²) < 4.78 is 1.13. The Morgan fingerprint density at radius 2 is 2.11 bits per heavy atom. The smallest absolute Gasteiger partial charge is 0.0701 e. The van der Waals surface area contributed by atoms with Crippen LogP contribution in [-0.2, 0) is 12.8 Å². The molecule has 0 saturated heterocycles. The number of aryl methyl sites for hydroxylation is 2. The largest absolute Gasteiger partial charge is 0.393 e. The number of benzene rings is 1. The third-order valence-corrected chi connectivity index (χ3v) is 4.56. The van der Waals surface area contributed by atoms with Crippen molar-refractivity contribution in [3.8, 4) is 0 Å². The van der Waals surface area contributed by atoms with Gasteiger partial charge in [0, 0.05) is 11.3 Å². The molecule has 0 amide bonds. The Hall–Kier alpha value is -0.640. The SMILES string of the molecule is Cc1cccc(CCC(O)Cc2ccc(Br)s2)c1. The first kappa shape index (κ1) is 13.8. The zero-order valence-electron chi connectivity index (χ0n) is 10.4. The summed E-state index contributed by atoms with van der Waals surface area (Å²) in [4.78, 5) is 1.23. The van der Waals surface area contributed by atoms with Gasteiger partial charge in [-0.3, -0.25) is 0 Å². The molecule has 1 atom stereocenters. The van der Waals surface area contributed by atoms with E-state index in [-0.39, 0.29) is 6.10 Å². The molecule has 1 aromatic heterocycles. The van der Waals surface area contributed by atoms with Gasteiger partial charge in [0.25, 0.3) is 0 Å². The molecule has 0 aliphatic carbocycles. The van der Waals surface area contributed by atoms with Gasteiger partial charge in [-0.15, -0.1) is 11.3 Å². The zero-order valence-corrected chi connectivity index (χ0v) is 12.8. The van der Waals surface area contributed by atoms with E-state index < -0.39 is 0 Å². The molecule has 18 heavy (non-hydrogen) atoms. The average molecular weight is 325 g/mol. The Bertz CT molecular complexity index is 507. The number of aliphatic hydroxyl groups is 1. The summed E-state index contributed by atoms with van der Waals surface area (Å²) in [6.07, 6.45) is 2.26. The van der Waals surface area contributed by atoms with Crippen molar-refractivity contribution >= 4 is 27.3 Å². The van der Waals surface area contributed by atoms with E-state index >= 15 is 0 Å². The van der Waals surface area contributed by atoms with Crippen molar-refractivity contribution in [2.45, 2.75) is 32.3 Å². The molecule has 1 nitrogen and oxygen atoms in total. The van der Waals surface area contributed by atoms with E-state index in [4.69, 9.17) is 0 Å². The summed E-state index contributed by atoms with van der Waals surface area (Å²) in [5.74, 6) is 0. The quantitative estimate of drug-likeness (QED) is 0.866. The van der Waals surface area contributed by atoms with Crippen LogP contribution >= 0.6 is 27.3 Å². The van der Waals surface area contributed by atoms with Crippen LogP contribution in [0.5, 0.6) is 0 Å². The molecule has 1 unspecified atom stereocenters. The van der Waals surface area contributed by atoms with Gasteiger partial charge in [0.2, 0.25) is 0 Å². The fraction of sp³-hybridized carbons (Fsp3) is 0.333. The molecular weight excluding hydrogens is 308 g/mol. The van der Waals surface area contributed by atoms with Gasteiger partial charge in [-0.25, -0.2) is 0 Å². The maximum atomic E-state index is 10.0. The predicted molar refractivity (Wildman–Crippen MR) is 81.2 cm³/mol. The van der Waals surface area contributed by atoms with Crippen LogP contribution in [-0.4, -0.2) is 11.2 Å². The molecule has 0 aliphatic heterocycles. The number of thiophene rings is 1. The molecule has 1 N–H and O–H groups in total. The second kappa shape index (κ2) is 6.50. The van der Waals surface area contributed by atoms with Crippen LogP contribution in [0.3, 0.4) is 0 Å². The van der Waals surface area contributed by atoms with Crippen LogP contribution in [0.4, 0.5) is 0 Å². The van der Waals surface area contributed by atoms with Crippen LogP contribution in [0, 0.1) is 6.92 Å². The first-order valence-corrected chi connectivity index (χ1v) is 7.72. The first-order chi connectivity index (χ1) is 8.63. The molecule has 2 rings (SSSR count). The highest BCUT2D eigenvalue weighted by atomic mass is 79.9. The van der Waals surface area contributed by atoms with E-state index in [9.17, 15) is 5.11 Å². The zero-order chi connectivity index (χ0) is 13.0. The highest BCUT2D eigenvalue weighted by Crippen LogP contribution is 2.23. The Labute approximate surface area is 121 Å². The number of rotatable bonds is 5. The van der Waals surface area contributed by atoms with Crippen LogP contribution in [0.1, 0.15) is 22.4 Å². The van der Waals surface area contributed by atoms with Crippen molar-refractivity contribution in [1.29, 1.82) is 0 Å². The van der Waals surface area contributed by atoms with E-state index in [1.807, 2.05) is 6.07 Å². The van der Waals surface area contributed by atoms with E-state index in [0.29, 0.717) is 0 Å². The molecule has 0 spiro atoms. The fourth-order valence-corrected chi connectivity index (χ4v) is 3.55. The predicted octanol–water partition coefficient (Wildman–Crippen LogP) is 4.36. The third-order valence-electron chi connectivity index (χ3n) is 2.91. The molecule has 3 heteroatoms. The Morgan fingerprint density at radius 3 is 2.78 bits per heavy atom. The Morgan fingerprint density at radius 1 is 1.28 bits per heavy atom. The van der Waals surface area contributed by atoms with Gasteiger partial charge in [-0.2, -0.15) is 0 Å². The summed E-state index contributed by atoms with van der Waals surface area (Å²) in [7, 11) is 0. The van der Waals surface area contributed by atoms with Gasteiger partial charge in [0.1, 0.15) is 0 Å². The van der Waals surface area contributed by atoms with E-state index in [0.717, 1.165) is 23.0 Å². The van der Waals surface area contributed by atoms with Crippen molar-refractivity contribution in [3.05, 3.63) is 56.2 Å². The Balaban J connectivity index is 1.83. The van der Waals surface area contributed by atoms with Crippen LogP contribution in [0.15, 0.2) is 40.2 Å². The molecule has 2 aromatic rings. The number of hydrogen-bond donors (Lipinski definition) is 1. The van der Waals surface area contributed by atoms with Crippen LogP contribution in [0.25, 0.3) is 0 Å². The van der Waals surface area contributed by atoms with Gasteiger partial charge in [-0.05, 0) is 53.4 Å². The second-order valence-corrected chi connectivity index (χ2v) is 7.14. The van der Waals surface area contributed by atoms with E-state index in [2.05, 4.69) is 53.2 Å². The summed E-state index contributed by atoms with van der Waals surface area (Å²) >= 11 is 5.14. The summed E-state index contributed by atoms with van der Waals surface area (Å²) in [5.41, 5.74) is 2.59. The molecule has 0 bridgehead atoms. The lowest BCUT2D eigenvalue weighted by molar-refractivity contribution is 0.166. The van der Waals surface area contributed by atoms with E-state index in [1.165, 1.54) is 16.0 Å². The van der Waals surface area contributed by atoms with Crippen molar-refractivity contribution in [1.82, 2.24) is 0 Å². The maximum Gasteiger partial charge on any atom is 0.0701 e.